The first-order valence-corrected chi connectivity index (χ1v) is 12.2. The van der Waals surface area contributed by atoms with E-state index in [-0.39, 0.29) is 6.54 Å². The van der Waals surface area contributed by atoms with Gasteiger partial charge in [-0.2, -0.15) is 9.61 Å². The normalized spacial score (nSPS) is 11.5. The number of benzene rings is 1. The van der Waals surface area contributed by atoms with E-state index in [0.717, 1.165) is 15.6 Å². The second-order valence-electron chi connectivity index (χ2n) is 8.24. The zero-order valence-electron chi connectivity index (χ0n) is 18.7. The Kier molecular flexibility index (Phi) is 6.66. The molecular formula is C23H23BrN6O2S. The highest BCUT2D eigenvalue weighted by Gasteiger charge is 2.27. The molecule has 10 heteroatoms. The van der Waals surface area contributed by atoms with Crippen LogP contribution in [0.3, 0.4) is 0 Å². The van der Waals surface area contributed by atoms with Gasteiger partial charge in [0, 0.05) is 29.6 Å². The molecule has 0 aliphatic heterocycles. The predicted octanol–water partition coefficient (Wildman–Crippen LogP) is 5.61. The van der Waals surface area contributed by atoms with E-state index in [1.165, 1.54) is 16.7 Å². The van der Waals surface area contributed by atoms with E-state index in [1.54, 1.807) is 23.1 Å². The van der Waals surface area contributed by atoms with Crippen molar-refractivity contribution in [2.45, 2.75) is 38.1 Å². The van der Waals surface area contributed by atoms with Gasteiger partial charge in [0.1, 0.15) is 11.4 Å². The number of thioether (sulfide) groups is 1. The molecule has 0 saturated carbocycles. The number of fused-ring (bicyclic) bond motifs is 1. The average Bonchev–Trinajstić information content (AvgIpc) is 3.17. The van der Waals surface area contributed by atoms with Crippen molar-refractivity contribution in [3.63, 3.8) is 0 Å². The van der Waals surface area contributed by atoms with E-state index in [4.69, 9.17) is 9.72 Å². The molecule has 0 bridgehead atoms. The van der Waals surface area contributed by atoms with Gasteiger partial charge in [-0.1, -0.05) is 42.1 Å². The molecule has 170 valence electrons. The monoisotopic (exact) mass is 526 g/mol. The summed E-state index contributed by atoms with van der Waals surface area (Å²) in [4.78, 5) is 28.3. The Morgan fingerprint density at radius 1 is 1.15 bits per heavy atom. The van der Waals surface area contributed by atoms with Crippen LogP contribution in [-0.4, -0.2) is 42.5 Å². The van der Waals surface area contributed by atoms with Crippen LogP contribution in [0.25, 0.3) is 16.9 Å². The number of aromatic nitrogens is 5. The van der Waals surface area contributed by atoms with E-state index < -0.39 is 11.7 Å². The van der Waals surface area contributed by atoms with Gasteiger partial charge in [-0.05, 0) is 43.0 Å². The zero-order chi connectivity index (χ0) is 23.6. The fraction of sp³-hybridized carbons (Fsp3) is 0.261. The maximum atomic E-state index is 13.4. The number of rotatable bonds is 5. The summed E-state index contributed by atoms with van der Waals surface area (Å²) in [6.07, 6.45) is 6.49. The molecule has 4 aromatic rings. The number of nitrogens with zero attached hydrogens (tertiary/aromatic N) is 6. The van der Waals surface area contributed by atoms with Crippen LogP contribution in [0.1, 0.15) is 26.3 Å². The summed E-state index contributed by atoms with van der Waals surface area (Å²) >= 11 is 4.98. The highest BCUT2D eigenvalue weighted by Crippen LogP contribution is 2.29. The smallest absolute Gasteiger partial charge is 0.416 e. The molecule has 0 radical (unpaired) electrons. The van der Waals surface area contributed by atoms with Crippen LogP contribution < -0.4 is 4.90 Å². The summed E-state index contributed by atoms with van der Waals surface area (Å²) in [6, 6.07) is 11.6. The predicted molar refractivity (Wildman–Crippen MR) is 132 cm³/mol. The topological polar surface area (TPSA) is 85.5 Å². The largest absolute Gasteiger partial charge is 0.443 e. The van der Waals surface area contributed by atoms with E-state index in [0.29, 0.717) is 22.3 Å². The van der Waals surface area contributed by atoms with Crippen molar-refractivity contribution in [2.24, 2.45) is 0 Å². The summed E-state index contributed by atoms with van der Waals surface area (Å²) in [5.74, 6) is 0.521. The second-order valence-corrected chi connectivity index (χ2v) is 9.87. The zero-order valence-corrected chi connectivity index (χ0v) is 21.1. The molecule has 0 spiro atoms. The average molecular weight is 527 g/mol. The van der Waals surface area contributed by atoms with Crippen LogP contribution >= 0.6 is 27.7 Å². The third-order valence-electron chi connectivity index (χ3n) is 4.57. The summed E-state index contributed by atoms with van der Waals surface area (Å²) < 4.78 is 8.08. The number of carbonyl (C=O) groups is 1. The molecule has 1 amide bonds. The van der Waals surface area contributed by atoms with E-state index in [2.05, 4.69) is 31.0 Å². The van der Waals surface area contributed by atoms with Crippen LogP contribution in [0.15, 0.2) is 64.6 Å². The third-order valence-corrected chi connectivity index (χ3v) is 5.71. The maximum Gasteiger partial charge on any atom is 0.416 e. The van der Waals surface area contributed by atoms with Crippen LogP contribution in [0, 0.1) is 0 Å². The first-order valence-electron chi connectivity index (χ1n) is 10.2. The number of hydrogen-bond acceptors (Lipinski definition) is 7. The maximum absolute atomic E-state index is 13.4. The molecule has 1 aromatic carbocycles. The lowest BCUT2D eigenvalue weighted by Gasteiger charge is -2.27. The number of amides is 1. The molecule has 3 heterocycles. The molecule has 3 aromatic heterocycles. The van der Waals surface area contributed by atoms with Gasteiger partial charge in [-0.25, -0.2) is 19.7 Å². The molecule has 0 atom stereocenters. The minimum absolute atomic E-state index is 0.203. The molecule has 0 N–H and O–H groups in total. The molecule has 0 aliphatic rings. The van der Waals surface area contributed by atoms with E-state index >= 15 is 0 Å². The second kappa shape index (κ2) is 9.48. The van der Waals surface area contributed by atoms with E-state index in [9.17, 15) is 4.79 Å². The Morgan fingerprint density at radius 2 is 1.85 bits per heavy atom. The quantitative estimate of drug-likeness (QED) is 0.246. The van der Waals surface area contributed by atoms with Crippen molar-refractivity contribution in [2.75, 3.05) is 11.2 Å². The molecule has 8 nitrogen and oxygen atoms in total. The summed E-state index contributed by atoms with van der Waals surface area (Å²) in [7, 11) is 0. The van der Waals surface area contributed by atoms with Crippen molar-refractivity contribution >= 4 is 45.3 Å². The van der Waals surface area contributed by atoms with Gasteiger partial charge in [0.2, 0.25) is 0 Å². The van der Waals surface area contributed by atoms with Crippen LogP contribution in [0.2, 0.25) is 0 Å². The fourth-order valence-corrected chi connectivity index (χ4v) is 3.80. The van der Waals surface area contributed by atoms with Crippen LogP contribution in [-0.2, 0) is 11.3 Å². The van der Waals surface area contributed by atoms with Gasteiger partial charge in [-0.3, -0.25) is 4.90 Å². The number of carbonyl (C=O) groups excluding carboxylic acids is 1. The number of hydrogen-bond donors (Lipinski definition) is 0. The minimum atomic E-state index is -0.673. The Hall–Kier alpha value is -2.98. The van der Waals surface area contributed by atoms with Gasteiger partial charge in [0.25, 0.3) is 0 Å². The van der Waals surface area contributed by atoms with Gasteiger partial charge in [0.15, 0.2) is 10.8 Å². The molecular weight excluding hydrogens is 504 g/mol. The Bertz CT molecular complexity index is 1270. The van der Waals surface area contributed by atoms with Gasteiger partial charge in [-0.15, -0.1) is 0 Å². The lowest BCUT2D eigenvalue weighted by molar-refractivity contribution is 0.0575. The van der Waals surface area contributed by atoms with Crippen LogP contribution in [0.4, 0.5) is 10.6 Å². The standard InChI is InChI=1S/C23H23BrN6O2S/c1-23(2,3)32-22(31)29(14-15-11-25-21(33-4)26-12-15)19-10-18(16-8-6-5-7-9-16)28-20-17(24)13-27-30(19)20/h5-13H,14H2,1-4H3. The molecule has 0 saturated heterocycles. The summed E-state index contributed by atoms with van der Waals surface area (Å²) in [6.45, 7) is 5.71. The fourth-order valence-electron chi connectivity index (χ4n) is 3.14. The SMILES string of the molecule is CSc1ncc(CN(C(=O)OC(C)(C)C)c2cc(-c3ccccc3)nc3c(Br)cnn23)cn1. The Morgan fingerprint density at radius 3 is 2.48 bits per heavy atom. The van der Waals surface area contributed by atoms with E-state index in [1.807, 2.05) is 63.4 Å². The number of halogens is 1. The first-order chi connectivity index (χ1) is 15.7. The van der Waals surface area contributed by atoms with Gasteiger partial charge < -0.3 is 4.74 Å². The lowest BCUT2D eigenvalue weighted by atomic mass is 10.1. The molecule has 0 unspecified atom stereocenters. The minimum Gasteiger partial charge on any atom is -0.443 e. The molecule has 0 aliphatic carbocycles. The summed E-state index contributed by atoms with van der Waals surface area (Å²) in [5, 5.41) is 5.11. The number of ether oxygens (including phenoxy) is 1. The van der Waals surface area contributed by atoms with Crippen molar-refractivity contribution in [1.82, 2.24) is 24.6 Å². The third kappa shape index (κ3) is 5.33. The number of anilines is 1. The van der Waals surface area contributed by atoms with Crippen molar-refractivity contribution in [1.29, 1.82) is 0 Å². The highest BCUT2D eigenvalue weighted by atomic mass is 79.9. The molecule has 4 rings (SSSR count). The van der Waals surface area contributed by atoms with Crippen molar-refractivity contribution < 1.29 is 9.53 Å². The van der Waals surface area contributed by atoms with Crippen molar-refractivity contribution in [3.8, 4) is 11.3 Å². The molecule has 33 heavy (non-hydrogen) atoms. The highest BCUT2D eigenvalue weighted by molar-refractivity contribution is 9.10. The van der Waals surface area contributed by atoms with Gasteiger partial charge >= 0.3 is 6.09 Å². The van der Waals surface area contributed by atoms with Gasteiger partial charge in [0.05, 0.1) is 22.9 Å². The molecule has 0 fully saturated rings. The first kappa shape index (κ1) is 23.2. The van der Waals surface area contributed by atoms with Crippen molar-refractivity contribution in [3.05, 3.63) is 65.0 Å². The lowest BCUT2D eigenvalue weighted by Crippen LogP contribution is -2.37. The van der Waals surface area contributed by atoms with Crippen LogP contribution in [0.5, 0.6) is 0 Å². The Balaban J connectivity index is 1.85. The Labute approximate surface area is 204 Å². The summed E-state index contributed by atoms with van der Waals surface area (Å²) in [5.41, 5.74) is 2.31.